The van der Waals surface area contributed by atoms with E-state index >= 15 is 0 Å². The second-order valence-electron chi connectivity index (χ2n) is 4.66. The molecule has 0 aromatic heterocycles. The molecule has 2 saturated heterocycles. The van der Waals surface area contributed by atoms with Crippen LogP contribution in [0, 0.1) is 11.8 Å². The van der Waals surface area contributed by atoms with Gasteiger partial charge in [-0.25, -0.2) is 0 Å². The summed E-state index contributed by atoms with van der Waals surface area (Å²) in [5, 5.41) is 6.18. The van der Waals surface area contributed by atoms with E-state index in [1.54, 1.807) is 0 Å². The average Bonchev–Trinajstić information content (AvgIpc) is 2.55. The summed E-state index contributed by atoms with van der Waals surface area (Å²) in [6.07, 6.45) is 2.05. The number of carbonyl (C=O) groups is 1. The molecule has 4 heteroatoms. The second kappa shape index (κ2) is 4.94. The molecule has 0 radical (unpaired) electrons. The molecule has 2 aliphatic heterocycles. The van der Waals surface area contributed by atoms with E-state index in [0.717, 1.165) is 32.7 Å². The molecule has 2 unspecified atom stereocenters. The molecule has 0 aliphatic carbocycles. The van der Waals surface area contributed by atoms with Crippen LogP contribution in [0.25, 0.3) is 0 Å². The second-order valence-corrected chi connectivity index (χ2v) is 4.66. The van der Waals surface area contributed by atoms with Crippen LogP contribution in [0.2, 0.25) is 0 Å². The molecule has 2 rings (SSSR count). The van der Waals surface area contributed by atoms with Crippen LogP contribution in [0.15, 0.2) is 0 Å². The molecule has 2 fully saturated rings. The van der Waals surface area contributed by atoms with Crippen molar-refractivity contribution in [3.63, 3.8) is 0 Å². The van der Waals surface area contributed by atoms with Crippen LogP contribution in [-0.2, 0) is 9.53 Å². The van der Waals surface area contributed by atoms with Gasteiger partial charge in [0.05, 0.1) is 6.10 Å². The van der Waals surface area contributed by atoms with Crippen molar-refractivity contribution in [2.75, 3.05) is 26.2 Å². The Kier molecular flexibility index (Phi) is 3.59. The fraction of sp³-hybridized carbons (Fsp3) is 0.909. The number of rotatable bonds is 4. The zero-order valence-electron chi connectivity index (χ0n) is 9.29. The minimum Gasteiger partial charge on any atom is -0.378 e. The van der Waals surface area contributed by atoms with Gasteiger partial charge in [-0.3, -0.25) is 4.79 Å². The van der Waals surface area contributed by atoms with Crippen LogP contribution in [-0.4, -0.2) is 38.3 Å². The minimum atomic E-state index is 0.195. The first-order chi connectivity index (χ1) is 7.25. The monoisotopic (exact) mass is 212 g/mol. The van der Waals surface area contributed by atoms with Gasteiger partial charge in [-0.05, 0) is 32.4 Å². The summed E-state index contributed by atoms with van der Waals surface area (Å²) in [6.45, 7) is 5.70. The molecular weight excluding hydrogens is 192 g/mol. The Bertz CT molecular complexity index is 229. The quantitative estimate of drug-likeness (QED) is 0.697. The van der Waals surface area contributed by atoms with E-state index in [2.05, 4.69) is 17.6 Å². The molecule has 4 nitrogen and oxygen atoms in total. The SMILES string of the molecule is CC1OCCC1CNC(=O)CC1CNC1. The van der Waals surface area contributed by atoms with E-state index < -0.39 is 0 Å². The van der Waals surface area contributed by atoms with Crippen molar-refractivity contribution >= 4 is 5.91 Å². The fourth-order valence-electron chi connectivity index (χ4n) is 2.12. The molecule has 2 atom stereocenters. The minimum absolute atomic E-state index is 0.195. The Labute approximate surface area is 90.8 Å². The van der Waals surface area contributed by atoms with Gasteiger partial charge in [0.25, 0.3) is 0 Å². The molecule has 0 saturated carbocycles. The standard InChI is InChI=1S/C11H20N2O2/c1-8-10(2-3-15-8)7-13-11(14)4-9-5-12-6-9/h8-10,12H,2-7H2,1H3,(H,13,14). The number of hydrogen-bond donors (Lipinski definition) is 2. The molecule has 2 N–H and O–H groups in total. The number of amides is 1. The average molecular weight is 212 g/mol. The summed E-state index contributed by atoms with van der Waals surface area (Å²) in [5.41, 5.74) is 0. The number of carbonyl (C=O) groups excluding carboxylic acids is 1. The molecule has 0 spiro atoms. The normalized spacial score (nSPS) is 31.3. The van der Waals surface area contributed by atoms with Crippen LogP contribution >= 0.6 is 0 Å². The van der Waals surface area contributed by atoms with Gasteiger partial charge >= 0.3 is 0 Å². The molecule has 15 heavy (non-hydrogen) atoms. The highest BCUT2D eigenvalue weighted by Crippen LogP contribution is 2.19. The maximum Gasteiger partial charge on any atom is 0.220 e. The molecule has 0 aromatic rings. The summed E-state index contributed by atoms with van der Waals surface area (Å²) in [4.78, 5) is 11.5. The van der Waals surface area contributed by atoms with Gasteiger partial charge in [-0.1, -0.05) is 0 Å². The van der Waals surface area contributed by atoms with Gasteiger partial charge in [-0.2, -0.15) is 0 Å². The summed E-state index contributed by atoms with van der Waals surface area (Å²) in [6, 6.07) is 0. The molecular formula is C11H20N2O2. The Morgan fingerprint density at radius 1 is 1.53 bits per heavy atom. The first kappa shape index (κ1) is 10.9. The van der Waals surface area contributed by atoms with E-state index in [1.165, 1.54) is 0 Å². The molecule has 2 heterocycles. The highest BCUT2D eigenvalue weighted by atomic mass is 16.5. The number of nitrogens with one attached hydrogen (secondary N) is 2. The van der Waals surface area contributed by atoms with Crippen molar-refractivity contribution in [3.8, 4) is 0 Å². The van der Waals surface area contributed by atoms with Crippen molar-refractivity contribution in [1.29, 1.82) is 0 Å². The van der Waals surface area contributed by atoms with E-state index in [4.69, 9.17) is 4.74 Å². The van der Waals surface area contributed by atoms with Crippen LogP contribution in [0.1, 0.15) is 19.8 Å². The summed E-state index contributed by atoms with van der Waals surface area (Å²) in [5.74, 6) is 1.26. The van der Waals surface area contributed by atoms with Crippen molar-refractivity contribution < 1.29 is 9.53 Å². The van der Waals surface area contributed by atoms with Gasteiger partial charge in [0, 0.05) is 25.5 Å². The molecule has 86 valence electrons. The molecule has 1 amide bonds. The lowest BCUT2D eigenvalue weighted by molar-refractivity contribution is -0.122. The third-order valence-electron chi connectivity index (χ3n) is 3.43. The highest BCUT2D eigenvalue weighted by Gasteiger charge is 2.25. The van der Waals surface area contributed by atoms with E-state index in [0.29, 0.717) is 24.4 Å². The summed E-state index contributed by atoms with van der Waals surface area (Å²) in [7, 11) is 0. The van der Waals surface area contributed by atoms with Gasteiger partial charge in [0.1, 0.15) is 0 Å². The maximum atomic E-state index is 11.5. The van der Waals surface area contributed by atoms with E-state index in [9.17, 15) is 4.79 Å². The van der Waals surface area contributed by atoms with Crippen molar-refractivity contribution in [1.82, 2.24) is 10.6 Å². The van der Waals surface area contributed by atoms with Gasteiger partial charge in [-0.15, -0.1) is 0 Å². The molecule has 0 bridgehead atoms. The maximum absolute atomic E-state index is 11.5. The van der Waals surface area contributed by atoms with Crippen molar-refractivity contribution in [2.24, 2.45) is 11.8 Å². The number of ether oxygens (including phenoxy) is 1. The van der Waals surface area contributed by atoms with E-state index in [-0.39, 0.29) is 5.91 Å². The smallest absolute Gasteiger partial charge is 0.220 e. The predicted molar refractivity (Wildman–Crippen MR) is 57.5 cm³/mol. The molecule has 2 aliphatic rings. The van der Waals surface area contributed by atoms with Gasteiger partial charge in [0.15, 0.2) is 0 Å². The van der Waals surface area contributed by atoms with Crippen LogP contribution in [0.3, 0.4) is 0 Å². The van der Waals surface area contributed by atoms with Crippen molar-refractivity contribution in [3.05, 3.63) is 0 Å². The third kappa shape index (κ3) is 2.92. The largest absolute Gasteiger partial charge is 0.378 e. The van der Waals surface area contributed by atoms with E-state index in [1.807, 2.05) is 0 Å². The molecule has 0 aromatic carbocycles. The number of hydrogen-bond acceptors (Lipinski definition) is 3. The zero-order chi connectivity index (χ0) is 10.7. The Morgan fingerprint density at radius 2 is 2.33 bits per heavy atom. The first-order valence-electron chi connectivity index (χ1n) is 5.84. The Balaban J connectivity index is 1.61. The summed E-state index contributed by atoms with van der Waals surface area (Å²) >= 11 is 0. The lowest BCUT2D eigenvalue weighted by Crippen LogP contribution is -2.45. The van der Waals surface area contributed by atoms with Crippen LogP contribution in [0.4, 0.5) is 0 Å². The fourth-order valence-corrected chi connectivity index (χ4v) is 2.12. The highest BCUT2D eigenvalue weighted by molar-refractivity contribution is 5.76. The van der Waals surface area contributed by atoms with Gasteiger partial charge in [0.2, 0.25) is 5.91 Å². The first-order valence-corrected chi connectivity index (χ1v) is 5.84. The topological polar surface area (TPSA) is 50.4 Å². The van der Waals surface area contributed by atoms with Crippen molar-refractivity contribution in [2.45, 2.75) is 25.9 Å². The summed E-state index contributed by atoms with van der Waals surface area (Å²) < 4.78 is 5.45. The zero-order valence-corrected chi connectivity index (χ0v) is 9.29. The van der Waals surface area contributed by atoms with Crippen LogP contribution in [0.5, 0.6) is 0 Å². The van der Waals surface area contributed by atoms with Gasteiger partial charge < -0.3 is 15.4 Å². The Morgan fingerprint density at radius 3 is 2.87 bits per heavy atom. The third-order valence-corrected chi connectivity index (χ3v) is 3.43. The predicted octanol–water partition coefficient (Wildman–Crippen LogP) is 0.137. The van der Waals surface area contributed by atoms with Crippen LogP contribution < -0.4 is 10.6 Å². The Hall–Kier alpha value is -0.610. The lowest BCUT2D eigenvalue weighted by Gasteiger charge is -2.26. The lowest BCUT2D eigenvalue weighted by atomic mass is 9.98.